The molecule has 0 bridgehead atoms. The SMILES string of the molecule is CSCCN(C)c1ncncc1Br. The second-order valence-electron chi connectivity index (χ2n) is 2.61. The molecular formula is C8H12BrN3S. The van der Waals surface area contributed by atoms with Crippen LogP contribution in [0.25, 0.3) is 0 Å². The van der Waals surface area contributed by atoms with Gasteiger partial charge in [-0.2, -0.15) is 11.8 Å². The fourth-order valence-corrected chi connectivity index (χ4v) is 1.90. The highest BCUT2D eigenvalue weighted by Gasteiger charge is 2.05. The molecule has 0 unspecified atom stereocenters. The Morgan fingerprint density at radius 1 is 1.62 bits per heavy atom. The third-order valence-electron chi connectivity index (χ3n) is 1.64. The molecular weight excluding hydrogens is 250 g/mol. The topological polar surface area (TPSA) is 29.0 Å². The molecule has 0 fully saturated rings. The Hall–Kier alpha value is -0.290. The highest BCUT2D eigenvalue weighted by Crippen LogP contribution is 2.20. The van der Waals surface area contributed by atoms with Crippen molar-refractivity contribution in [2.24, 2.45) is 0 Å². The summed E-state index contributed by atoms with van der Waals surface area (Å²) in [6.07, 6.45) is 5.43. The lowest BCUT2D eigenvalue weighted by Crippen LogP contribution is -2.21. The highest BCUT2D eigenvalue weighted by atomic mass is 79.9. The summed E-state index contributed by atoms with van der Waals surface area (Å²) in [5.41, 5.74) is 0. The molecule has 1 aromatic heterocycles. The first-order valence-electron chi connectivity index (χ1n) is 3.91. The van der Waals surface area contributed by atoms with Gasteiger partial charge >= 0.3 is 0 Å². The standard InChI is InChI=1S/C8H12BrN3S/c1-12(3-4-13-2)8-7(9)5-10-6-11-8/h5-6H,3-4H2,1-2H3. The zero-order valence-electron chi connectivity index (χ0n) is 7.70. The van der Waals surface area contributed by atoms with Gasteiger partial charge in [-0.3, -0.25) is 0 Å². The van der Waals surface area contributed by atoms with Gasteiger partial charge in [0.15, 0.2) is 0 Å². The Balaban J connectivity index is 2.65. The molecule has 0 aliphatic rings. The van der Waals surface area contributed by atoms with E-state index >= 15 is 0 Å². The van der Waals surface area contributed by atoms with Crippen molar-refractivity contribution >= 4 is 33.5 Å². The average molecular weight is 262 g/mol. The highest BCUT2D eigenvalue weighted by molar-refractivity contribution is 9.10. The molecule has 1 heterocycles. The van der Waals surface area contributed by atoms with Gasteiger partial charge in [0.05, 0.1) is 4.47 Å². The predicted molar refractivity (Wildman–Crippen MR) is 61.4 cm³/mol. The van der Waals surface area contributed by atoms with Gasteiger partial charge in [0.25, 0.3) is 0 Å². The molecule has 0 aliphatic carbocycles. The molecule has 0 aromatic carbocycles. The van der Waals surface area contributed by atoms with Gasteiger partial charge in [-0.15, -0.1) is 0 Å². The van der Waals surface area contributed by atoms with Gasteiger partial charge in [0, 0.05) is 25.5 Å². The lowest BCUT2D eigenvalue weighted by atomic mass is 10.5. The van der Waals surface area contributed by atoms with E-state index in [-0.39, 0.29) is 0 Å². The van der Waals surface area contributed by atoms with Crippen molar-refractivity contribution in [3.05, 3.63) is 17.0 Å². The number of hydrogen-bond donors (Lipinski definition) is 0. The van der Waals surface area contributed by atoms with Gasteiger partial charge < -0.3 is 4.90 Å². The van der Waals surface area contributed by atoms with Crippen molar-refractivity contribution in [2.75, 3.05) is 30.5 Å². The Morgan fingerprint density at radius 3 is 3.00 bits per heavy atom. The number of hydrogen-bond acceptors (Lipinski definition) is 4. The summed E-state index contributed by atoms with van der Waals surface area (Å²) >= 11 is 5.25. The summed E-state index contributed by atoms with van der Waals surface area (Å²) < 4.78 is 0.943. The Labute approximate surface area is 91.1 Å². The first-order valence-corrected chi connectivity index (χ1v) is 6.10. The van der Waals surface area contributed by atoms with Gasteiger partial charge in [0.2, 0.25) is 0 Å². The lowest BCUT2D eigenvalue weighted by Gasteiger charge is -2.17. The monoisotopic (exact) mass is 261 g/mol. The molecule has 0 radical (unpaired) electrons. The molecule has 13 heavy (non-hydrogen) atoms. The van der Waals surface area contributed by atoms with Crippen LogP contribution in [0.15, 0.2) is 17.0 Å². The number of halogens is 1. The van der Waals surface area contributed by atoms with Crippen LogP contribution in [0.2, 0.25) is 0 Å². The van der Waals surface area contributed by atoms with Crippen molar-refractivity contribution in [3.63, 3.8) is 0 Å². The van der Waals surface area contributed by atoms with Crippen molar-refractivity contribution in [3.8, 4) is 0 Å². The number of thioether (sulfide) groups is 1. The molecule has 3 nitrogen and oxygen atoms in total. The zero-order chi connectivity index (χ0) is 9.68. The van der Waals surface area contributed by atoms with Crippen LogP contribution in [0.5, 0.6) is 0 Å². The first-order chi connectivity index (χ1) is 6.25. The molecule has 5 heteroatoms. The van der Waals surface area contributed by atoms with E-state index in [1.807, 2.05) is 18.8 Å². The summed E-state index contributed by atoms with van der Waals surface area (Å²) in [7, 11) is 2.03. The van der Waals surface area contributed by atoms with E-state index in [4.69, 9.17) is 0 Å². The quantitative estimate of drug-likeness (QED) is 0.830. The molecule has 0 saturated carbocycles. The molecule has 1 rings (SSSR count). The normalized spacial score (nSPS) is 10.1. The summed E-state index contributed by atoms with van der Waals surface area (Å²) in [5, 5.41) is 0. The second-order valence-corrected chi connectivity index (χ2v) is 4.45. The minimum atomic E-state index is 0.943. The molecule has 0 N–H and O–H groups in total. The third kappa shape index (κ3) is 3.15. The van der Waals surface area contributed by atoms with Crippen LogP contribution in [0.1, 0.15) is 0 Å². The second kappa shape index (κ2) is 5.44. The van der Waals surface area contributed by atoms with E-state index in [1.54, 1.807) is 12.5 Å². The van der Waals surface area contributed by atoms with Crippen LogP contribution in [-0.4, -0.2) is 35.6 Å². The van der Waals surface area contributed by atoms with E-state index in [2.05, 4.69) is 37.1 Å². The summed E-state index contributed by atoms with van der Waals surface area (Å²) in [6, 6.07) is 0. The number of anilines is 1. The van der Waals surface area contributed by atoms with Crippen LogP contribution in [0, 0.1) is 0 Å². The molecule has 0 amide bonds. The van der Waals surface area contributed by atoms with Gasteiger partial charge in [-0.1, -0.05) is 0 Å². The van der Waals surface area contributed by atoms with Crippen molar-refractivity contribution in [1.82, 2.24) is 9.97 Å². The summed E-state index contributed by atoms with van der Waals surface area (Å²) in [6.45, 7) is 0.997. The van der Waals surface area contributed by atoms with E-state index in [0.29, 0.717) is 0 Å². The Morgan fingerprint density at radius 2 is 2.38 bits per heavy atom. The summed E-state index contributed by atoms with van der Waals surface area (Å²) in [5.74, 6) is 2.05. The fourth-order valence-electron chi connectivity index (χ4n) is 0.921. The minimum absolute atomic E-state index is 0.943. The van der Waals surface area contributed by atoms with Gasteiger partial charge in [0.1, 0.15) is 12.1 Å². The van der Waals surface area contributed by atoms with E-state index < -0.39 is 0 Å². The molecule has 72 valence electrons. The maximum absolute atomic E-state index is 4.19. The largest absolute Gasteiger partial charge is 0.358 e. The number of aromatic nitrogens is 2. The third-order valence-corrected chi connectivity index (χ3v) is 2.79. The molecule has 1 aromatic rings. The van der Waals surface area contributed by atoms with E-state index in [0.717, 1.165) is 22.6 Å². The number of rotatable bonds is 4. The van der Waals surface area contributed by atoms with Crippen LogP contribution in [-0.2, 0) is 0 Å². The number of nitrogens with zero attached hydrogens (tertiary/aromatic N) is 3. The van der Waals surface area contributed by atoms with Crippen LogP contribution in [0.3, 0.4) is 0 Å². The van der Waals surface area contributed by atoms with Crippen molar-refractivity contribution in [2.45, 2.75) is 0 Å². The van der Waals surface area contributed by atoms with E-state index in [1.165, 1.54) is 0 Å². The summed E-state index contributed by atoms with van der Waals surface area (Å²) in [4.78, 5) is 10.2. The zero-order valence-corrected chi connectivity index (χ0v) is 10.1. The maximum Gasteiger partial charge on any atom is 0.146 e. The smallest absolute Gasteiger partial charge is 0.146 e. The van der Waals surface area contributed by atoms with E-state index in [9.17, 15) is 0 Å². The first kappa shape index (κ1) is 10.8. The van der Waals surface area contributed by atoms with Crippen LogP contribution < -0.4 is 4.90 Å². The lowest BCUT2D eigenvalue weighted by molar-refractivity contribution is 0.930. The van der Waals surface area contributed by atoms with Crippen molar-refractivity contribution < 1.29 is 0 Å². The molecule has 0 saturated heterocycles. The average Bonchev–Trinajstić information content (AvgIpc) is 2.15. The molecule has 0 spiro atoms. The molecule has 0 aliphatic heterocycles. The van der Waals surface area contributed by atoms with Gasteiger partial charge in [-0.25, -0.2) is 9.97 Å². The fraction of sp³-hybridized carbons (Fsp3) is 0.500. The molecule has 0 atom stereocenters. The predicted octanol–water partition coefficient (Wildman–Crippen LogP) is 2.04. The van der Waals surface area contributed by atoms with Gasteiger partial charge in [-0.05, 0) is 22.2 Å². The Kier molecular flexibility index (Phi) is 4.52. The van der Waals surface area contributed by atoms with Crippen molar-refractivity contribution in [1.29, 1.82) is 0 Å². The maximum atomic E-state index is 4.19. The van der Waals surface area contributed by atoms with Crippen LogP contribution in [0.4, 0.5) is 5.82 Å². The minimum Gasteiger partial charge on any atom is -0.358 e. The van der Waals surface area contributed by atoms with Crippen LogP contribution >= 0.6 is 27.7 Å². The Bertz CT molecular complexity index is 269.